The first-order valence-corrected chi connectivity index (χ1v) is 13.0. The molecule has 0 fully saturated rings. The van der Waals surface area contributed by atoms with Crippen molar-refractivity contribution in [1.82, 2.24) is 15.1 Å². The van der Waals surface area contributed by atoms with E-state index >= 15 is 0 Å². The Bertz CT molecular complexity index is 1160. The molecule has 0 saturated heterocycles. The first-order chi connectivity index (χ1) is 18.2. The standard InChI is InChI=1S/C28H38N4O6/c1-17(2)29-28(35)30-22-8-6-7-21-26(22)38-25(18(3)12-32(27(21)34)19(4)15-33)14-31(5)13-20-9-10-23-24(11-20)37-16-36-23/h6-11,17-19,25,33H,12-16H2,1-5H3,(H2,29,30,35)/t18-,19+,25-/m1/s1. The summed E-state index contributed by atoms with van der Waals surface area (Å²) in [7, 11) is 2.01. The number of carbonyl (C=O) groups is 2. The minimum Gasteiger partial charge on any atom is -0.486 e. The number of aliphatic hydroxyl groups is 1. The highest BCUT2D eigenvalue weighted by Crippen LogP contribution is 2.36. The monoisotopic (exact) mass is 526 g/mol. The molecule has 206 valence electrons. The molecular weight excluding hydrogens is 488 g/mol. The van der Waals surface area contributed by atoms with Crippen LogP contribution in [0.1, 0.15) is 43.6 Å². The molecule has 0 spiro atoms. The van der Waals surface area contributed by atoms with Crippen molar-refractivity contribution >= 4 is 17.6 Å². The molecule has 2 aliphatic heterocycles. The van der Waals surface area contributed by atoms with Gasteiger partial charge in [-0.25, -0.2) is 4.79 Å². The van der Waals surface area contributed by atoms with Crippen molar-refractivity contribution in [1.29, 1.82) is 0 Å². The van der Waals surface area contributed by atoms with Gasteiger partial charge in [-0.05, 0) is 57.6 Å². The second-order valence-electron chi connectivity index (χ2n) is 10.4. The van der Waals surface area contributed by atoms with E-state index in [0.717, 1.165) is 17.1 Å². The zero-order chi connectivity index (χ0) is 27.4. The van der Waals surface area contributed by atoms with E-state index in [9.17, 15) is 14.7 Å². The van der Waals surface area contributed by atoms with Crippen LogP contribution in [0, 0.1) is 5.92 Å². The molecule has 38 heavy (non-hydrogen) atoms. The molecule has 4 rings (SSSR count). The number of anilines is 1. The van der Waals surface area contributed by atoms with Crippen molar-refractivity contribution in [3.8, 4) is 17.2 Å². The van der Waals surface area contributed by atoms with Gasteiger partial charge < -0.3 is 34.9 Å². The van der Waals surface area contributed by atoms with Crippen molar-refractivity contribution in [3.05, 3.63) is 47.5 Å². The van der Waals surface area contributed by atoms with Crippen LogP contribution in [0.25, 0.3) is 0 Å². The largest absolute Gasteiger partial charge is 0.486 e. The predicted octanol–water partition coefficient (Wildman–Crippen LogP) is 3.30. The van der Waals surface area contributed by atoms with Crippen LogP contribution in [0.3, 0.4) is 0 Å². The Morgan fingerprint density at radius 2 is 1.95 bits per heavy atom. The lowest BCUT2D eigenvalue weighted by Gasteiger charge is -2.38. The van der Waals surface area contributed by atoms with Crippen LogP contribution in [-0.2, 0) is 6.54 Å². The number of rotatable bonds is 8. The van der Waals surface area contributed by atoms with E-state index in [1.807, 2.05) is 52.9 Å². The van der Waals surface area contributed by atoms with Crippen molar-refractivity contribution < 1.29 is 28.9 Å². The molecule has 0 aliphatic carbocycles. The third-order valence-corrected chi connectivity index (χ3v) is 6.74. The Morgan fingerprint density at radius 1 is 1.18 bits per heavy atom. The number of ether oxygens (including phenoxy) is 3. The third-order valence-electron chi connectivity index (χ3n) is 6.74. The molecule has 10 nitrogen and oxygen atoms in total. The highest BCUT2D eigenvalue weighted by molar-refractivity contribution is 6.01. The lowest BCUT2D eigenvalue weighted by Crippen LogP contribution is -2.49. The quantitative estimate of drug-likeness (QED) is 0.484. The number of carbonyl (C=O) groups excluding carboxylic acids is 2. The van der Waals surface area contributed by atoms with E-state index in [1.165, 1.54) is 0 Å². The van der Waals surface area contributed by atoms with E-state index in [0.29, 0.717) is 36.6 Å². The van der Waals surface area contributed by atoms with E-state index in [4.69, 9.17) is 14.2 Å². The van der Waals surface area contributed by atoms with Gasteiger partial charge in [0, 0.05) is 31.6 Å². The molecule has 0 radical (unpaired) electrons. The SMILES string of the molecule is CC(C)NC(=O)Nc1cccc2c1O[C@H](CN(C)Cc1ccc3c(c1)OCO3)[C@H](C)CN([C@@H](C)CO)C2=O. The van der Waals surface area contributed by atoms with Crippen molar-refractivity contribution in [3.63, 3.8) is 0 Å². The Labute approximate surface area is 223 Å². The van der Waals surface area contributed by atoms with Gasteiger partial charge in [0.25, 0.3) is 5.91 Å². The van der Waals surface area contributed by atoms with E-state index in [1.54, 1.807) is 23.1 Å². The van der Waals surface area contributed by atoms with Crippen LogP contribution in [0.5, 0.6) is 17.2 Å². The Hall–Kier alpha value is -3.50. The number of benzene rings is 2. The fraction of sp³-hybridized carbons (Fsp3) is 0.500. The first-order valence-electron chi connectivity index (χ1n) is 13.0. The second-order valence-corrected chi connectivity index (χ2v) is 10.4. The number of fused-ring (bicyclic) bond motifs is 2. The molecule has 10 heteroatoms. The van der Waals surface area contributed by atoms with Crippen LogP contribution < -0.4 is 24.8 Å². The summed E-state index contributed by atoms with van der Waals surface area (Å²) in [6, 6.07) is 10.3. The highest BCUT2D eigenvalue weighted by Gasteiger charge is 2.34. The summed E-state index contributed by atoms with van der Waals surface area (Å²) >= 11 is 0. The van der Waals surface area contributed by atoms with Crippen LogP contribution >= 0.6 is 0 Å². The van der Waals surface area contributed by atoms with Gasteiger partial charge in [0.05, 0.1) is 23.9 Å². The summed E-state index contributed by atoms with van der Waals surface area (Å²) in [5.41, 5.74) is 1.85. The molecule has 0 saturated carbocycles. The molecule has 0 unspecified atom stereocenters. The van der Waals surface area contributed by atoms with Crippen LogP contribution in [0.4, 0.5) is 10.5 Å². The summed E-state index contributed by atoms with van der Waals surface area (Å²) in [5.74, 6) is 1.52. The van der Waals surface area contributed by atoms with Gasteiger partial charge in [-0.3, -0.25) is 9.69 Å². The van der Waals surface area contributed by atoms with Crippen LogP contribution in [0.15, 0.2) is 36.4 Å². The maximum absolute atomic E-state index is 13.6. The average Bonchev–Trinajstić information content (AvgIpc) is 3.33. The van der Waals surface area contributed by atoms with Gasteiger partial charge in [0.1, 0.15) is 6.10 Å². The summed E-state index contributed by atoms with van der Waals surface area (Å²) in [5, 5.41) is 15.5. The Morgan fingerprint density at radius 3 is 2.68 bits per heavy atom. The molecule has 2 heterocycles. The number of likely N-dealkylation sites (N-methyl/N-ethyl adjacent to an activating group) is 1. The van der Waals surface area contributed by atoms with Crippen LogP contribution in [-0.4, -0.2) is 78.6 Å². The first kappa shape index (κ1) is 27.5. The van der Waals surface area contributed by atoms with E-state index < -0.39 is 0 Å². The van der Waals surface area contributed by atoms with Crippen LogP contribution in [0.2, 0.25) is 0 Å². The number of hydrogen-bond acceptors (Lipinski definition) is 7. The van der Waals surface area contributed by atoms with Gasteiger partial charge in [0.2, 0.25) is 6.79 Å². The second kappa shape index (κ2) is 11.9. The average molecular weight is 527 g/mol. The topological polar surface area (TPSA) is 113 Å². The maximum Gasteiger partial charge on any atom is 0.319 e. The van der Waals surface area contributed by atoms with Crippen molar-refractivity contribution in [2.75, 3.05) is 38.9 Å². The van der Waals surface area contributed by atoms with Crippen molar-refractivity contribution in [2.24, 2.45) is 5.92 Å². The van der Waals surface area contributed by atoms with Gasteiger partial charge >= 0.3 is 6.03 Å². The number of nitrogens with zero attached hydrogens (tertiary/aromatic N) is 2. The smallest absolute Gasteiger partial charge is 0.319 e. The zero-order valence-corrected chi connectivity index (χ0v) is 22.7. The number of urea groups is 1. The molecule has 3 amide bonds. The van der Waals surface area contributed by atoms with Gasteiger partial charge in [-0.15, -0.1) is 0 Å². The molecule has 0 aromatic heterocycles. The Balaban J connectivity index is 1.61. The number of amides is 3. The normalized spacial score (nSPS) is 19.5. The molecular formula is C28H38N4O6. The number of nitrogens with one attached hydrogen (secondary N) is 2. The lowest BCUT2D eigenvalue weighted by molar-refractivity contribution is 0.0343. The van der Waals surface area contributed by atoms with E-state index in [-0.39, 0.29) is 49.4 Å². The maximum atomic E-state index is 13.6. The van der Waals surface area contributed by atoms with Gasteiger partial charge in [-0.1, -0.05) is 19.1 Å². The summed E-state index contributed by atoms with van der Waals surface area (Å²) < 4.78 is 17.5. The predicted molar refractivity (Wildman–Crippen MR) is 144 cm³/mol. The molecule has 2 aliphatic rings. The molecule has 2 aromatic rings. The van der Waals surface area contributed by atoms with E-state index in [2.05, 4.69) is 15.5 Å². The fourth-order valence-electron chi connectivity index (χ4n) is 4.70. The molecule has 3 atom stereocenters. The fourth-order valence-corrected chi connectivity index (χ4v) is 4.70. The molecule has 2 aromatic carbocycles. The van der Waals surface area contributed by atoms with Gasteiger partial charge in [0.15, 0.2) is 17.2 Å². The summed E-state index contributed by atoms with van der Waals surface area (Å²) in [6.07, 6.45) is -0.301. The van der Waals surface area contributed by atoms with Gasteiger partial charge in [-0.2, -0.15) is 0 Å². The minimum atomic E-state index is -0.378. The Kier molecular flexibility index (Phi) is 8.63. The third kappa shape index (κ3) is 6.31. The van der Waals surface area contributed by atoms with Crippen molar-refractivity contribution in [2.45, 2.75) is 52.4 Å². The lowest BCUT2D eigenvalue weighted by atomic mass is 9.99. The summed E-state index contributed by atoms with van der Waals surface area (Å²) in [6.45, 7) is 9.33. The molecule has 0 bridgehead atoms. The number of para-hydroxylation sites is 1. The number of aliphatic hydroxyl groups excluding tert-OH is 1. The molecule has 3 N–H and O–H groups in total. The minimum absolute atomic E-state index is 0.0541. The summed E-state index contributed by atoms with van der Waals surface area (Å²) in [4.78, 5) is 30.0. The zero-order valence-electron chi connectivity index (χ0n) is 22.7. The highest BCUT2D eigenvalue weighted by atomic mass is 16.7. The number of hydrogen-bond donors (Lipinski definition) is 3.